The topological polar surface area (TPSA) is 94.3 Å². The average Bonchev–Trinajstić information content (AvgIpc) is 3.17. The van der Waals surface area contributed by atoms with E-state index in [9.17, 15) is 14.9 Å². The lowest BCUT2D eigenvalue weighted by Crippen LogP contribution is -2.28. The molecule has 1 aliphatic heterocycles. The lowest BCUT2D eigenvalue weighted by molar-refractivity contribution is -0.384. The van der Waals surface area contributed by atoms with Gasteiger partial charge in [-0.2, -0.15) is 0 Å². The smallest absolute Gasteiger partial charge is 0.269 e. The molecule has 35 heavy (non-hydrogen) atoms. The van der Waals surface area contributed by atoms with E-state index in [0.717, 1.165) is 22.6 Å². The number of methoxy groups -OCH3 is 1. The second-order valence-electron chi connectivity index (χ2n) is 7.53. The van der Waals surface area contributed by atoms with E-state index in [0.29, 0.717) is 29.0 Å². The predicted molar refractivity (Wildman–Crippen MR) is 137 cm³/mol. The molecule has 3 aromatic carbocycles. The maximum absolute atomic E-state index is 12.9. The van der Waals surface area contributed by atoms with Crippen LogP contribution in [0.4, 0.5) is 11.4 Å². The number of thioether (sulfide) groups is 1. The van der Waals surface area contributed by atoms with Gasteiger partial charge in [0.2, 0.25) is 0 Å². The van der Waals surface area contributed by atoms with Crippen molar-refractivity contribution in [2.45, 2.75) is 13.5 Å². The zero-order valence-corrected chi connectivity index (χ0v) is 20.0. The minimum Gasteiger partial charge on any atom is -0.497 e. The summed E-state index contributed by atoms with van der Waals surface area (Å²) in [7, 11) is 1.61. The van der Waals surface area contributed by atoms with E-state index in [1.807, 2.05) is 61.5 Å². The van der Waals surface area contributed by atoms with Gasteiger partial charge in [-0.05, 0) is 84.4 Å². The number of hydrogen-bond donors (Lipinski definition) is 0. The van der Waals surface area contributed by atoms with Crippen LogP contribution >= 0.6 is 11.8 Å². The molecule has 1 heterocycles. The van der Waals surface area contributed by atoms with Crippen LogP contribution in [0.1, 0.15) is 18.1 Å². The second kappa shape index (κ2) is 10.9. The SMILES string of the molecule is CCN1C(=O)/C(=C\c2ccc(OCc3ccc([N+](=O)[O-])cc3)cc2)SC1=Nc1ccc(OC)cc1. The largest absolute Gasteiger partial charge is 0.497 e. The first kappa shape index (κ1) is 24.0. The molecule has 3 aromatic rings. The zero-order valence-electron chi connectivity index (χ0n) is 19.2. The van der Waals surface area contributed by atoms with E-state index in [-0.39, 0.29) is 11.6 Å². The molecule has 0 radical (unpaired) electrons. The summed E-state index contributed by atoms with van der Waals surface area (Å²) in [6.45, 7) is 2.74. The molecule has 9 heteroatoms. The number of likely N-dealkylation sites (N-methyl/N-ethyl adjacent to an activating group) is 1. The fourth-order valence-corrected chi connectivity index (χ4v) is 4.39. The highest BCUT2D eigenvalue weighted by atomic mass is 32.2. The van der Waals surface area contributed by atoms with Gasteiger partial charge in [-0.3, -0.25) is 19.8 Å². The van der Waals surface area contributed by atoms with Gasteiger partial charge in [0.25, 0.3) is 11.6 Å². The minimum atomic E-state index is -0.432. The van der Waals surface area contributed by atoms with E-state index in [1.54, 1.807) is 24.1 Å². The molecule has 1 fully saturated rings. The van der Waals surface area contributed by atoms with Crippen molar-refractivity contribution in [2.75, 3.05) is 13.7 Å². The van der Waals surface area contributed by atoms with Gasteiger partial charge in [-0.15, -0.1) is 0 Å². The van der Waals surface area contributed by atoms with Crippen LogP contribution in [0.25, 0.3) is 6.08 Å². The standard InChI is InChI=1S/C26H23N3O5S/c1-3-28-25(30)24(35-26(28)27-20-8-14-22(33-2)15-9-20)16-18-6-12-23(13-7-18)34-17-19-4-10-21(11-5-19)29(31)32/h4-16H,3,17H2,1-2H3/b24-16+,27-26?. The van der Waals surface area contributed by atoms with Gasteiger partial charge < -0.3 is 9.47 Å². The summed E-state index contributed by atoms with van der Waals surface area (Å²) >= 11 is 1.34. The van der Waals surface area contributed by atoms with E-state index in [2.05, 4.69) is 4.99 Å². The number of amides is 1. The zero-order chi connectivity index (χ0) is 24.8. The number of carbonyl (C=O) groups is 1. The molecule has 0 atom stereocenters. The van der Waals surface area contributed by atoms with Gasteiger partial charge in [0.1, 0.15) is 18.1 Å². The van der Waals surface area contributed by atoms with Crippen molar-refractivity contribution >= 4 is 40.3 Å². The van der Waals surface area contributed by atoms with E-state index < -0.39 is 4.92 Å². The first-order valence-electron chi connectivity index (χ1n) is 10.9. The maximum atomic E-state index is 12.9. The molecule has 0 aromatic heterocycles. The van der Waals surface area contributed by atoms with Gasteiger partial charge in [0, 0.05) is 18.7 Å². The van der Waals surface area contributed by atoms with E-state index in [4.69, 9.17) is 9.47 Å². The third-order valence-electron chi connectivity index (χ3n) is 5.23. The number of nitro groups is 1. The van der Waals surface area contributed by atoms with Gasteiger partial charge in [-0.25, -0.2) is 4.99 Å². The quantitative estimate of drug-likeness (QED) is 0.225. The Morgan fingerprint density at radius 3 is 2.26 bits per heavy atom. The van der Waals surface area contributed by atoms with Crippen molar-refractivity contribution in [3.8, 4) is 11.5 Å². The Morgan fingerprint density at radius 1 is 1.00 bits per heavy atom. The number of benzene rings is 3. The molecule has 1 saturated heterocycles. The molecule has 1 aliphatic rings. The van der Waals surface area contributed by atoms with Crippen LogP contribution in [0.5, 0.6) is 11.5 Å². The summed E-state index contributed by atoms with van der Waals surface area (Å²) in [5.41, 5.74) is 2.49. The van der Waals surface area contributed by atoms with Crippen molar-refractivity contribution < 1.29 is 19.2 Å². The van der Waals surface area contributed by atoms with Gasteiger partial charge >= 0.3 is 0 Å². The summed E-state index contributed by atoms with van der Waals surface area (Å²) in [5.74, 6) is 1.33. The normalized spacial score (nSPS) is 15.6. The fourth-order valence-electron chi connectivity index (χ4n) is 3.33. The number of ether oxygens (including phenoxy) is 2. The molecule has 0 bridgehead atoms. The highest BCUT2D eigenvalue weighted by molar-refractivity contribution is 8.18. The fraction of sp³-hybridized carbons (Fsp3) is 0.154. The van der Waals surface area contributed by atoms with Crippen molar-refractivity contribution in [1.82, 2.24) is 4.90 Å². The Balaban J connectivity index is 1.43. The molecule has 0 spiro atoms. The first-order valence-corrected chi connectivity index (χ1v) is 11.7. The number of hydrogen-bond acceptors (Lipinski definition) is 7. The van der Waals surface area contributed by atoms with E-state index in [1.165, 1.54) is 23.9 Å². The van der Waals surface area contributed by atoms with Crippen LogP contribution < -0.4 is 9.47 Å². The second-order valence-corrected chi connectivity index (χ2v) is 8.54. The molecule has 0 aliphatic carbocycles. The number of rotatable bonds is 8. The number of nitrogens with zero attached hydrogens (tertiary/aromatic N) is 3. The number of non-ortho nitro benzene ring substituents is 1. The lowest BCUT2D eigenvalue weighted by atomic mass is 10.2. The van der Waals surface area contributed by atoms with Crippen molar-refractivity contribution in [1.29, 1.82) is 0 Å². The van der Waals surface area contributed by atoms with Crippen LogP contribution in [0.3, 0.4) is 0 Å². The summed E-state index contributed by atoms with van der Waals surface area (Å²) < 4.78 is 11.0. The molecule has 0 N–H and O–H groups in total. The van der Waals surface area contributed by atoms with E-state index >= 15 is 0 Å². The van der Waals surface area contributed by atoms with Gasteiger partial charge in [0.15, 0.2) is 5.17 Å². The lowest BCUT2D eigenvalue weighted by Gasteiger charge is -2.12. The molecular weight excluding hydrogens is 466 g/mol. The van der Waals surface area contributed by atoms with Crippen LogP contribution in [0, 0.1) is 10.1 Å². The highest BCUT2D eigenvalue weighted by Crippen LogP contribution is 2.34. The highest BCUT2D eigenvalue weighted by Gasteiger charge is 2.32. The number of amidine groups is 1. The molecule has 178 valence electrons. The molecule has 1 amide bonds. The van der Waals surface area contributed by atoms with Crippen LogP contribution in [-0.4, -0.2) is 34.6 Å². The number of nitro benzene ring substituents is 1. The molecule has 4 rings (SSSR count). The minimum absolute atomic E-state index is 0.0457. The Hall–Kier alpha value is -4.11. The number of aliphatic imine (C=N–C) groups is 1. The summed E-state index contributed by atoms with van der Waals surface area (Å²) in [6, 6.07) is 21.0. The number of carbonyl (C=O) groups excluding carboxylic acids is 1. The Labute approximate surface area is 207 Å². The van der Waals surface area contributed by atoms with Crippen LogP contribution in [0.2, 0.25) is 0 Å². The first-order chi connectivity index (χ1) is 17.0. The van der Waals surface area contributed by atoms with Crippen molar-refractivity contribution in [3.63, 3.8) is 0 Å². The molecule has 8 nitrogen and oxygen atoms in total. The average molecular weight is 490 g/mol. The molecule has 0 unspecified atom stereocenters. The Bertz CT molecular complexity index is 1270. The summed E-state index contributed by atoms with van der Waals surface area (Å²) in [6.07, 6.45) is 1.84. The van der Waals surface area contributed by atoms with Crippen LogP contribution in [-0.2, 0) is 11.4 Å². The van der Waals surface area contributed by atoms with Gasteiger partial charge in [-0.1, -0.05) is 12.1 Å². The Kier molecular flexibility index (Phi) is 7.47. The third-order valence-corrected chi connectivity index (χ3v) is 6.24. The third kappa shape index (κ3) is 5.88. The molecular formula is C26H23N3O5S. The van der Waals surface area contributed by atoms with Crippen LogP contribution in [0.15, 0.2) is 82.7 Å². The maximum Gasteiger partial charge on any atom is 0.269 e. The Morgan fingerprint density at radius 2 is 1.66 bits per heavy atom. The predicted octanol–water partition coefficient (Wildman–Crippen LogP) is 5.81. The summed E-state index contributed by atoms with van der Waals surface area (Å²) in [4.78, 5) is 30.1. The van der Waals surface area contributed by atoms with Crippen molar-refractivity contribution in [3.05, 3.63) is 98.9 Å². The monoisotopic (exact) mass is 489 g/mol. The molecule has 0 saturated carbocycles. The summed E-state index contributed by atoms with van der Waals surface area (Å²) in [5, 5.41) is 11.4. The van der Waals surface area contributed by atoms with Gasteiger partial charge in [0.05, 0.1) is 22.6 Å². The van der Waals surface area contributed by atoms with Crippen molar-refractivity contribution in [2.24, 2.45) is 4.99 Å².